The zero-order valence-corrected chi connectivity index (χ0v) is 9.64. The predicted molar refractivity (Wildman–Crippen MR) is 56.5 cm³/mol. The van der Waals surface area contributed by atoms with Gasteiger partial charge in [0.15, 0.2) is 0 Å². The van der Waals surface area contributed by atoms with E-state index in [2.05, 4.69) is 4.72 Å². The third-order valence-corrected chi connectivity index (χ3v) is 3.16. The first-order valence-electron chi connectivity index (χ1n) is 4.79. The molecule has 0 spiro atoms. The molecule has 0 heterocycles. The molecule has 0 aliphatic carbocycles. The molecule has 0 aromatic heterocycles. The number of ether oxygens (including phenoxy) is 1. The second-order valence-corrected chi connectivity index (χ2v) is 5.01. The van der Waals surface area contributed by atoms with Crippen molar-refractivity contribution in [2.45, 2.75) is 26.3 Å². The monoisotopic (exact) mass is 224 g/mol. The minimum atomic E-state index is -3.18. The molecule has 0 bridgehead atoms. The first-order chi connectivity index (χ1) is 6.52. The van der Waals surface area contributed by atoms with E-state index in [0.717, 1.165) is 0 Å². The van der Waals surface area contributed by atoms with Crippen LogP contribution < -0.4 is 10.5 Å². The van der Waals surface area contributed by atoms with Gasteiger partial charge in [-0.1, -0.05) is 0 Å². The number of sulfonamides is 1. The minimum absolute atomic E-state index is 0.0833. The van der Waals surface area contributed by atoms with E-state index < -0.39 is 10.0 Å². The van der Waals surface area contributed by atoms with Gasteiger partial charge in [0, 0.05) is 12.6 Å². The van der Waals surface area contributed by atoms with Gasteiger partial charge in [-0.3, -0.25) is 0 Å². The van der Waals surface area contributed by atoms with Crippen molar-refractivity contribution < 1.29 is 13.2 Å². The van der Waals surface area contributed by atoms with Crippen LogP contribution in [0.1, 0.15) is 20.3 Å². The summed E-state index contributed by atoms with van der Waals surface area (Å²) < 4.78 is 30.3. The van der Waals surface area contributed by atoms with Gasteiger partial charge in [-0.15, -0.1) is 0 Å². The predicted octanol–water partition coefficient (Wildman–Crippen LogP) is -0.320. The van der Waals surface area contributed by atoms with Crippen molar-refractivity contribution in [3.63, 3.8) is 0 Å². The highest BCUT2D eigenvalue weighted by molar-refractivity contribution is 7.89. The molecular weight excluding hydrogens is 204 g/mol. The smallest absolute Gasteiger partial charge is 0.211 e. The Morgan fingerprint density at radius 3 is 2.64 bits per heavy atom. The molecule has 0 aliphatic rings. The molecule has 0 radical (unpaired) electrons. The molecule has 6 heteroatoms. The summed E-state index contributed by atoms with van der Waals surface area (Å²) in [7, 11) is -3.18. The van der Waals surface area contributed by atoms with Gasteiger partial charge in [0.1, 0.15) is 0 Å². The largest absolute Gasteiger partial charge is 0.380 e. The highest BCUT2D eigenvalue weighted by atomic mass is 32.2. The molecule has 0 saturated carbocycles. The van der Waals surface area contributed by atoms with E-state index in [9.17, 15) is 8.42 Å². The highest BCUT2D eigenvalue weighted by Gasteiger charge is 2.13. The van der Waals surface area contributed by atoms with Crippen molar-refractivity contribution in [2.24, 2.45) is 5.73 Å². The first kappa shape index (κ1) is 13.8. The van der Waals surface area contributed by atoms with Crippen LogP contribution in [0.3, 0.4) is 0 Å². The molecule has 14 heavy (non-hydrogen) atoms. The molecule has 0 aromatic rings. The van der Waals surface area contributed by atoms with Crippen molar-refractivity contribution >= 4 is 10.0 Å². The molecule has 86 valence electrons. The van der Waals surface area contributed by atoms with Gasteiger partial charge in [-0.05, 0) is 26.8 Å². The summed E-state index contributed by atoms with van der Waals surface area (Å²) in [5.41, 5.74) is 5.23. The lowest BCUT2D eigenvalue weighted by Crippen LogP contribution is -2.37. The molecule has 1 unspecified atom stereocenters. The summed E-state index contributed by atoms with van der Waals surface area (Å²) in [6.07, 6.45) is 0.483. The number of nitrogens with one attached hydrogen (secondary N) is 1. The zero-order chi connectivity index (χ0) is 11.0. The van der Waals surface area contributed by atoms with Crippen LogP contribution in [0.4, 0.5) is 0 Å². The van der Waals surface area contributed by atoms with E-state index >= 15 is 0 Å². The van der Waals surface area contributed by atoms with E-state index in [-0.39, 0.29) is 11.8 Å². The molecule has 0 rings (SSSR count). The fraction of sp³-hybridized carbons (Fsp3) is 1.00. The zero-order valence-electron chi connectivity index (χ0n) is 8.82. The first-order valence-corrected chi connectivity index (χ1v) is 6.45. The maximum atomic E-state index is 11.3. The summed E-state index contributed by atoms with van der Waals surface area (Å²) >= 11 is 0. The van der Waals surface area contributed by atoms with Gasteiger partial charge < -0.3 is 10.5 Å². The Bertz CT molecular complexity index is 229. The Morgan fingerprint density at radius 1 is 1.50 bits per heavy atom. The third-order valence-electron chi connectivity index (χ3n) is 1.57. The Balaban J connectivity index is 3.83. The van der Waals surface area contributed by atoms with E-state index in [4.69, 9.17) is 10.5 Å². The van der Waals surface area contributed by atoms with Crippen LogP contribution in [0.15, 0.2) is 0 Å². The van der Waals surface area contributed by atoms with Gasteiger partial charge in [0.25, 0.3) is 0 Å². The number of hydrogen-bond acceptors (Lipinski definition) is 4. The summed E-state index contributed by atoms with van der Waals surface area (Å²) in [4.78, 5) is 0. The lowest BCUT2D eigenvalue weighted by Gasteiger charge is -2.13. The summed E-state index contributed by atoms with van der Waals surface area (Å²) in [5.74, 6) is 0.0833. The molecular formula is C8H20N2O3S. The van der Waals surface area contributed by atoms with Crippen molar-refractivity contribution in [3.05, 3.63) is 0 Å². The molecule has 0 aromatic carbocycles. The van der Waals surface area contributed by atoms with Crippen LogP contribution >= 0.6 is 0 Å². The van der Waals surface area contributed by atoms with Crippen molar-refractivity contribution in [2.75, 3.05) is 25.5 Å². The van der Waals surface area contributed by atoms with E-state index in [1.807, 2.05) is 6.92 Å². The van der Waals surface area contributed by atoms with Crippen LogP contribution in [0.5, 0.6) is 0 Å². The van der Waals surface area contributed by atoms with Crippen LogP contribution in [-0.2, 0) is 14.8 Å². The molecule has 0 amide bonds. The highest BCUT2D eigenvalue weighted by Crippen LogP contribution is 1.92. The van der Waals surface area contributed by atoms with Crippen LogP contribution in [0.25, 0.3) is 0 Å². The third kappa shape index (κ3) is 7.25. The minimum Gasteiger partial charge on any atom is -0.380 e. The fourth-order valence-electron chi connectivity index (χ4n) is 0.967. The topological polar surface area (TPSA) is 81.4 Å². The van der Waals surface area contributed by atoms with Crippen molar-refractivity contribution in [1.82, 2.24) is 4.72 Å². The Morgan fingerprint density at radius 2 is 2.14 bits per heavy atom. The van der Waals surface area contributed by atoms with E-state index in [1.165, 1.54) is 0 Å². The molecule has 1 atom stereocenters. The standard InChI is InChI=1S/C8H20N2O3S/c1-3-13-7-8(2)10-14(11,12)6-4-5-9/h8,10H,3-7,9H2,1-2H3. The molecule has 3 N–H and O–H groups in total. The van der Waals surface area contributed by atoms with Gasteiger partial charge in [0.05, 0.1) is 12.4 Å². The quantitative estimate of drug-likeness (QED) is 0.592. The van der Waals surface area contributed by atoms with Crippen molar-refractivity contribution in [1.29, 1.82) is 0 Å². The summed E-state index contributed by atoms with van der Waals surface area (Å²) in [6, 6.07) is -0.183. The second-order valence-electron chi connectivity index (χ2n) is 3.14. The summed E-state index contributed by atoms with van der Waals surface area (Å²) in [5, 5.41) is 0. The SMILES string of the molecule is CCOCC(C)NS(=O)(=O)CCCN. The Hall–Kier alpha value is -0.170. The average molecular weight is 224 g/mol. The van der Waals surface area contributed by atoms with Crippen LogP contribution in [0.2, 0.25) is 0 Å². The lowest BCUT2D eigenvalue weighted by molar-refractivity contribution is 0.133. The molecule has 0 fully saturated rings. The van der Waals surface area contributed by atoms with E-state index in [0.29, 0.717) is 26.2 Å². The Kier molecular flexibility index (Phi) is 7.08. The molecule has 0 saturated heterocycles. The summed E-state index contributed by atoms with van der Waals surface area (Å²) in [6.45, 7) is 5.03. The number of rotatable bonds is 8. The average Bonchev–Trinajstić information content (AvgIpc) is 2.11. The van der Waals surface area contributed by atoms with Crippen LogP contribution in [-0.4, -0.2) is 40.0 Å². The van der Waals surface area contributed by atoms with E-state index in [1.54, 1.807) is 6.92 Å². The second kappa shape index (κ2) is 7.17. The lowest BCUT2D eigenvalue weighted by atomic mass is 10.4. The maximum Gasteiger partial charge on any atom is 0.211 e. The van der Waals surface area contributed by atoms with Gasteiger partial charge in [-0.25, -0.2) is 13.1 Å². The van der Waals surface area contributed by atoms with Gasteiger partial charge in [0.2, 0.25) is 10.0 Å². The molecule has 5 nitrogen and oxygen atoms in total. The normalized spacial score (nSPS) is 14.2. The maximum absolute atomic E-state index is 11.3. The van der Waals surface area contributed by atoms with Crippen LogP contribution in [0, 0.1) is 0 Å². The van der Waals surface area contributed by atoms with Gasteiger partial charge >= 0.3 is 0 Å². The Labute approximate surface area is 86.1 Å². The number of nitrogens with two attached hydrogens (primary N) is 1. The van der Waals surface area contributed by atoms with Gasteiger partial charge in [-0.2, -0.15) is 0 Å². The fourth-order valence-corrected chi connectivity index (χ4v) is 2.31. The molecule has 0 aliphatic heterocycles. The van der Waals surface area contributed by atoms with Crippen molar-refractivity contribution in [3.8, 4) is 0 Å². The number of hydrogen-bond donors (Lipinski definition) is 2.